The van der Waals surface area contributed by atoms with Crippen LogP contribution in [0.2, 0.25) is 0 Å². The summed E-state index contributed by atoms with van der Waals surface area (Å²) in [6.45, 7) is 7.65. The predicted octanol–water partition coefficient (Wildman–Crippen LogP) is 1.86. The summed E-state index contributed by atoms with van der Waals surface area (Å²) in [4.78, 5) is 31.7. The standard InChI is InChI=1S/C18H24N6O2/c1-9(2)14(16(20)26)23-18-21-8-12(15(19)25)17(24-18)22-13-6-5-10(3)7-11(13)4/h5-9,14H,1-4H3,(H2,19,25)(H2,20,26)(H2,21,22,23,24). The van der Waals surface area contributed by atoms with Gasteiger partial charge in [0.1, 0.15) is 17.4 Å². The maximum absolute atomic E-state index is 11.7. The van der Waals surface area contributed by atoms with Crippen molar-refractivity contribution in [2.45, 2.75) is 33.7 Å². The average molecular weight is 356 g/mol. The van der Waals surface area contributed by atoms with E-state index in [1.54, 1.807) is 0 Å². The number of nitrogens with one attached hydrogen (secondary N) is 2. The van der Waals surface area contributed by atoms with E-state index in [0.29, 0.717) is 0 Å². The fraction of sp³-hybridized carbons (Fsp3) is 0.333. The molecule has 1 aromatic carbocycles. The van der Waals surface area contributed by atoms with Gasteiger partial charge in [0.2, 0.25) is 11.9 Å². The Morgan fingerprint density at radius 3 is 2.38 bits per heavy atom. The van der Waals surface area contributed by atoms with E-state index in [1.807, 2.05) is 45.9 Å². The monoisotopic (exact) mass is 356 g/mol. The van der Waals surface area contributed by atoms with Gasteiger partial charge in [0.25, 0.3) is 5.91 Å². The number of hydrogen-bond donors (Lipinski definition) is 4. The first-order valence-corrected chi connectivity index (χ1v) is 8.26. The fourth-order valence-corrected chi connectivity index (χ4v) is 2.51. The van der Waals surface area contributed by atoms with Crippen LogP contribution in [0.5, 0.6) is 0 Å². The molecule has 1 heterocycles. The number of benzene rings is 1. The second-order valence-corrected chi connectivity index (χ2v) is 6.53. The number of carbonyl (C=O) groups excluding carboxylic acids is 2. The van der Waals surface area contributed by atoms with E-state index < -0.39 is 17.9 Å². The molecular weight excluding hydrogens is 332 g/mol. The number of carbonyl (C=O) groups is 2. The van der Waals surface area contributed by atoms with E-state index in [1.165, 1.54) is 6.20 Å². The van der Waals surface area contributed by atoms with Crippen LogP contribution in [0.25, 0.3) is 0 Å². The molecule has 0 aliphatic heterocycles. The number of nitrogens with zero attached hydrogens (tertiary/aromatic N) is 2. The summed E-state index contributed by atoms with van der Waals surface area (Å²) < 4.78 is 0. The summed E-state index contributed by atoms with van der Waals surface area (Å²) >= 11 is 0. The fourth-order valence-electron chi connectivity index (χ4n) is 2.51. The lowest BCUT2D eigenvalue weighted by molar-refractivity contribution is -0.119. The van der Waals surface area contributed by atoms with Gasteiger partial charge in [-0.3, -0.25) is 9.59 Å². The van der Waals surface area contributed by atoms with E-state index in [4.69, 9.17) is 11.5 Å². The number of hydrogen-bond acceptors (Lipinski definition) is 6. The van der Waals surface area contributed by atoms with Crippen LogP contribution in [0.3, 0.4) is 0 Å². The van der Waals surface area contributed by atoms with Gasteiger partial charge in [0.05, 0.1) is 0 Å². The van der Waals surface area contributed by atoms with Crippen molar-refractivity contribution in [3.63, 3.8) is 0 Å². The molecule has 1 atom stereocenters. The van der Waals surface area contributed by atoms with Gasteiger partial charge in [-0.05, 0) is 31.4 Å². The molecule has 0 fully saturated rings. The summed E-state index contributed by atoms with van der Waals surface area (Å²) in [5, 5.41) is 6.02. The highest BCUT2D eigenvalue weighted by atomic mass is 16.1. The van der Waals surface area contributed by atoms with Crippen molar-refractivity contribution in [3.05, 3.63) is 41.1 Å². The molecule has 0 aliphatic rings. The van der Waals surface area contributed by atoms with Gasteiger partial charge in [-0.2, -0.15) is 4.98 Å². The van der Waals surface area contributed by atoms with Gasteiger partial charge in [-0.1, -0.05) is 31.5 Å². The van der Waals surface area contributed by atoms with E-state index in [0.717, 1.165) is 16.8 Å². The van der Waals surface area contributed by atoms with Crippen molar-refractivity contribution in [2.24, 2.45) is 17.4 Å². The minimum absolute atomic E-state index is 0.0531. The third-order valence-corrected chi connectivity index (χ3v) is 3.95. The van der Waals surface area contributed by atoms with Crippen molar-refractivity contribution in [2.75, 3.05) is 10.6 Å². The van der Waals surface area contributed by atoms with E-state index >= 15 is 0 Å². The minimum atomic E-state index is -0.654. The molecule has 1 aromatic heterocycles. The molecule has 0 saturated heterocycles. The maximum atomic E-state index is 11.7. The Morgan fingerprint density at radius 1 is 1.15 bits per heavy atom. The molecule has 8 heteroatoms. The van der Waals surface area contributed by atoms with Crippen LogP contribution in [-0.2, 0) is 4.79 Å². The Hall–Kier alpha value is -3.16. The van der Waals surface area contributed by atoms with Crippen molar-refractivity contribution >= 4 is 29.3 Å². The Bertz CT molecular complexity index is 834. The third kappa shape index (κ3) is 4.47. The van der Waals surface area contributed by atoms with Crippen LogP contribution in [0.1, 0.15) is 35.3 Å². The number of anilines is 3. The lowest BCUT2D eigenvalue weighted by Crippen LogP contribution is -2.40. The van der Waals surface area contributed by atoms with Crippen LogP contribution in [0, 0.1) is 19.8 Å². The van der Waals surface area contributed by atoms with Gasteiger partial charge < -0.3 is 22.1 Å². The van der Waals surface area contributed by atoms with Crippen LogP contribution >= 0.6 is 0 Å². The van der Waals surface area contributed by atoms with Gasteiger partial charge in [-0.15, -0.1) is 0 Å². The molecule has 26 heavy (non-hydrogen) atoms. The first kappa shape index (κ1) is 19.2. The molecule has 0 bridgehead atoms. The number of nitrogens with two attached hydrogens (primary N) is 2. The maximum Gasteiger partial charge on any atom is 0.254 e. The third-order valence-electron chi connectivity index (χ3n) is 3.95. The Labute approximate surface area is 152 Å². The molecule has 2 rings (SSSR count). The number of aryl methyl sites for hydroxylation is 2. The van der Waals surface area contributed by atoms with Gasteiger partial charge >= 0.3 is 0 Å². The zero-order valence-electron chi connectivity index (χ0n) is 15.3. The van der Waals surface area contributed by atoms with Crippen LogP contribution in [0.15, 0.2) is 24.4 Å². The summed E-state index contributed by atoms with van der Waals surface area (Å²) in [6, 6.07) is 5.21. The Balaban J connectivity index is 2.39. The van der Waals surface area contributed by atoms with Crippen molar-refractivity contribution in [1.82, 2.24) is 9.97 Å². The molecule has 0 radical (unpaired) electrons. The molecule has 0 aliphatic carbocycles. The van der Waals surface area contributed by atoms with Crippen molar-refractivity contribution < 1.29 is 9.59 Å². The summed E-state index contributed by atoms with van der Waals surface area (Å²) in [6.07, 6.45) is 1.32. The van der Waals surface area contributed by atoms with Gasteiger partial charge in [0, 0.05) is 11.9 Å². The van der Waals surface area contributed by atoms with E-state index in [9.17, 15) is 9.59 Å². The highest BCUT2D eigenvalue weighted by molar-refractivity contribution is 5.98. The molecule has 138 valence electrons. The van der Waals surface area contributed by atoms with Crippen LogP contribution in [-0.4, -0.2) is 27.8 Å². The topological polar surface area (TPSA) is 136 Å². The van der Waals surface area contributed by atoms with E-state index in [-0.39, 0.29) is 23.2 Å². The summed E-state index contributed by atoms with van der Waals surface area (Å²) in [5.74, 6) is -0.776. The average Bonchev–Trinajstić information content (AvgIpc) is 2.54. The van der Waals surface area contributed by atoms with Crippen LogP contribution in [0.4, 0.5) is 17.5 Å². The van der Waals surface area contributed by atoms with Crippen molar-refractivity contribution in [3.8, 4) is 0 Å². The molecular formula is C18H24N6O2. The molecule has 6 N–H and O–H groups in total. The summed E-state index contributed by atoms with van der Waals surface area (Å²) in [7, 11) is 0. The second kappa shape index (κ2) is 7.81. The summed E-state index contributed by atoms with van der Waals surface area (Å²) in [5.41, 5.74) is 13.9. The zero-order valence-corrected chi connectivity index (χ0v) is 15.3. The van der Waals surface area contributed by atoms with E-state index in [2.05, 4.69) is 20.6 Å². The lowest BCUT2D eigenvalue weighted by atomic mass is 10.0. The zero-order chi connectivity index (χ0) is 19.4. The highest BCUT2D eigenvalue weighted by Gasteiger charge is 2.21. The molecule has 2 amide bonds. The van der Waals surface area contributed by atoms with Crippen molar-refractivity contribution in [1.29, 1.82) is 0 Å². The highest BCUT2D eigenvalue weighted by Crippen LogP contribution is 2.23. The molecule has 1 unspecified atom stereocenters. The SMILES string of the molecule is Cc1ccc(Nc2nc(NC(C(N)=O)C(C)C)ncc2C(N)=O)c(C)c1. The number of aromatic nitrogens is 2. The Morgan fingerprint density at radius 2 is 1.85 bits per heavy atom. The largest absolute Gasteiger partial charge is 0.368 e. The number of rotatable bonds is 7. The predicted molar refractivity (Wildman–Crippen MR) is 101 cm³/mol. The Kier molecular flexibility index (Phi) is 5.76. The van der Waals surface area contributed by atoms with Crippen LogP contribution < -0.4 is 22.1 Å². The second-order valence-electron chi connectivity index (χ2n) is 6.53. The van der Waals surface area contributed by atoms with Gasteiger partial charge in [0.15, 0.2) is 0 Å². The van der Waals surface area contributed by atoms with Gasteiger partial charge in [-0.25, -0.2) is 4.98 Å². The normalized spacial score (nSPS) is 11.9. The molecule has 0 spiro atoms. The quantitative estimate of drug-likeness (QED) is 0.598. The number of primary amides is 2. The lowest BCUT2D eigenvalue weighted by Gasteiger charge is -2.20. The number of amides is 2. The molecule has 2 aromatic rings. The smallest absolute Gasteiger partial charge is 0.254 e. The molecule has 0 saturated carbocycles. The first-order chi connectivity index (χ1) is 12.2. The minimum Gasteiger partial charge on any atom is -0.368 e. The first-order valence-electron chi connectivity index (χ1n) is 8.26. The molecule has 8 nitrogen and oxygen atoms in total.